The zero-order chi connectivity index (χ0) is 18.8. The second-order valence-electron chi connectivity index (χ2n) is 7.94. The molecule has 0 saturated heterocycles. The van der Waals surface area contributed by atoms with Gasteiger partial charge in [-0.25, -0.2) is 13.3 Å². The Morgan fingerprint density at radius 2 is 1.79 bits per heavy atom. The van der Waals surface area contributed by atoms with Gasteiger partial charge in [-0.05, 0) is 72.6 Å². The topological polar surface area (TPSA) is 52.9 Å². The SMILES string of the molecule is CC(C)(C#N)CC[C@@](C)(N[S@](=O)C(C)(C)C)c1cc(Br)ccc1F. The van der Waals surface area contributed by atoms with Crippen LogP contribution in [0.15, 0.2) is 22.7 Å². The molecule has 0 amide bonds. The van der Waals surface area contributed by atoms with E-state index in [1.165, 1.54) is 6.07 Å². The van der Waals surface area contributed by atoms with Crippen molar-refractivity contribution in [2.24, 2.45) is 5.41 Å². The van der Waals surface area contributed by atoms with Crippen LogP contribution in [0.2, 0.25) is 0 Å². The standard InChI is InChI=1S/C18H26BrFN2OS/c1-16(2,3)24(23)22-18(6,10-9-17(4,5)12-21)14-11-13(19)7-8-15(14)20/h7-8,11,22H,9-10H2,1-6H3/t18-,24-/m1/s1. The molecule has 1 N–H and O–H groups in total. The molecule has 0 heterocycles. The van der Waals surface area contributed by atoms with Crippen molar-refractivity contribution in [3.63, 3.8) is 0 Å². The molecule has 24 heavy (non-hydrogen) atoms. The highest BCUT2D eigenvalue weighted by Gasteiger charge is 2.36. The molecule has 1 aromatic carbocycles. The summed E-state index contributed by atoms with van der Waals surface area (Å²) >= 11 is 3.38. The molecule has 0 fully saturated rings. The van der Waals surface area contributed by atoms with Gasteiger partial charge in [0.25, 0.3) is 0 Å². The molecule has 0 aromatic heterocycles. The van der Waals surface area contributed by atoms with Gasteiger partial charge in [-0.2, -0.15) is 5.26 Å². The Kier molecular flexibility index (Phi) is 6.77. The van der Waals surface area contributed by atoms with Gasteiger partial charge in [0.1, 0.15) is 5.82 Å². The Labute approximate surface area is 155 Å². The molecule has 0 aliphatic carbocycles. The molecule has 0 radical (unpaired) electrons. The van der Waals surface area contributed by atoms with Gasteiger partial charge in [0.2, 0.25) is 0 Å². The Balaban J connectivity index is 3.28. The van der Waals surface area contributed by atoms with Crippen LogP contribution in [0.3, 0.4) is 0 Å². The molecule has 1 aromatic rings. The number of nitrogens with one attached hydrogen (secondary N) is 1. The van der Waals surface area contributed by atoms with Gasteiger partial charge in [0.15, 0.2) is 0 Å². The van der Waals surface area contributed by atoms with Crippen LogP contribution in [-0.4, -0.2) is 8.96 Å². The smallest absolute Gasteiger partial charge is 0.128 e. The summed E-state index contributed by atoms with van der Waals surface area (Å²) in [5.74, 6) is -0.353. The maximum absolute atomic E-state index is 14.5. The minimum Gasteiger partial charge on any atom is -0.242 e. The molecule has 0 unspecified atom stereocenters. The van der Waals surface area contributed by atoms with E-state index in [2.05, 4.69) is 26.7 Å². The first-order valence-corrected chi connectivity index (χ1v) is 9.81. The third-order valence-electron chi connectivity index (χ3n) is 3.95. The lowest BCUT2D eigenvalue weighted by molar-refractivity contribution is 0.318. The van der Waals surface area contributed by atoms with E-state index in [0.717, 1.165) is 4.47 Å². The second-order valence-corrected chi connectivity index (χ2v) is 10.8. The van der Waals surface area contributed by atoms with Crippen LogP contribution in [0.5, 0.6) is 0 Å². The summed E-state index contributed by atoms with van der Waals surface area (Å²) in [4.78, 5) is 0. The number of nitriles is 1. The van der Waals surface area contributed by atoms with Crippen molar-refractivity contribution in [2.75, 3.05) is 0 Å². The average Bonchev–Trinajstić information content (AvgIpc) is 2.47. The fourth-order valence-corrected chi connectivity index (χ4v) is 3.43. The van der Waals surface area contributed by atoms with Crippen molar-refractivity contribution in [3.8, 4) is 6.07 Å². The van der Waals surface area contributed by atoms with Crippen LogP contribution in [0.1, 0.15) is 59.9 Å². The normalized spacial score (nSPS) is 16.3. The highest BCUT2D eigenvalue weighted by molar-refractivity contribution is 9.10. The van der Waals surface area contributed by atoms with Crippen LogP contribution in [-0.2, 0) is 16.5 Å². The quantitative estimate of drug-likeness (QED) is 0.693. The molecule has 1 rings (SSSR count). The summed E-state index contributed by atoms with van der Waals surface area (Å²) in [6, 6.07) is 7.01. The summed E-state index contributed by atoms with van der Waals surface area (Å²) in [7, 11) is -1.37. The highest BCUT2D eigenvalue weighted by Crippen LogP contribution is 2.35. The van der Waals surface area contributed by atoms with Crippen LogP contribution in [0.25, 0.3) is 0 Å². The van der Waals surface area contributed by atoms with Gasteiger partial charge in [0, 0.05) is 10.0 Å². The number of hydrogen-bond donors (Lipinski definition) is 1. The van der Waals surface area contributed by atoms with Gasteiger partial charge in [0.05, 0.1) is 32.8 Å². The third kappa shape index (κ3) is 5.65. The number of halogens is 2. The van der Waals surface area contributed by atoms with E-state index in [1.807, 2.05) is 41.5 Å². The first kappa shape index (κ1) is 21.3. The predicted molar refractivity (Wildman–Crippen MR) is 101 cm³/mol. The van der Waals surface area contributed by atoms with Crippen molar-refractivity contribution in [3.05, 3.63) is 34.1 Å². The Morgan fingerprint density at radius 3 is 2.29 bits per heavy atom. The molecule has 2 atom stereocenters. The number of hydrogen-bond acceptors (Lipinski definition) is 2. The minimum atomic E-state index is -1.37. The first-order chi connectivity index (χ1) is 10.8. The zero-order valence-electron chi connectivity index (χ0n) is 15.2. The van der Waals surface area contributed by atoms with Crippen molar-refractivity contribution >= 4 is 26.9 Å². The second kappa shape index (κ2) is 7.63. The average molecular weight is 417 g/mol. The van der Waals surface area contributed by atoms with Gasteiger partial charge >= 0.3 is 0 Å². The molecule has 3 nitrogen and oxygen atoms in total. The van der Waals surface area contributed by atoms with E-state index in [0.29, 0.717) is 18.4 Å². The van der Waals surface area contributed by atoms with Crippen LogP contribution >= 0.6 is 15.9 Å². The van der Waals surface area contributed by atoms with Gasteiger partial charge in [-0.1, -0.05) is 15.9 Å². The maximum Gasteiger partial charge on any atom is 0.128 e. The van der Waals surface area contributed by atoms with Crippen molar-refractivity contribution < 1.29 is 8.60 Å². The molecule has 0 aliphatic rings. The van der Waals surface area contributed by atoms with Crippen LogP contribution in [0.4, 0.5) is 4.39 Å². The van der Waals surface area contributed by atoms with Crippen molar-refractivity contribution in [2.45, 2.75) is 64.7 Å². The van der Waals surface area contributed by atoms with Crippen LogP contribution in [0, 0.1) is 22.6 Å². The fourth-order valence-electron chi connectivity index (χ4n) is 2.14. The summed E-state index contributed by atoms with van der Waals surface area (Å²) < 4.78 is 30.5. The highest BCUT2D eigenvalue weighted by atomic mass is 79.9. The minimum absolute atomic E-state index is 0.353. The van der Waals surface area contributed by atoms with E-state index in [-0.39, 0.29) is 5.82 Å². The zero-order valence-corrected chi connectivity index (χ0v) is 17.6. The maximum atomic E-state index is 14.5. The summed E-state index contributed by atoms with van der Waals surface area (Å²) in [6.45, 7) is 11.2. The largest absolute Gasteiger partial charge is 0.242 e. The molecule has 0 aliphatic heterocycles. The number of benzene rings is 1. The van der Waals surface area contributed by atoms with Gasteiger partial charge in [-0.3, -0.25) is 0 Å². The lowest BCUT2D eigenvalue weighted by Gasteiger charge is -2.35. The van der Waals surface area contributed by atoms with E-state index >= 15 is 0 Å². The number of rotatable bonds is 6. The van der Waals surface area contributed by atoms with Crippen molar-refractivity contribution in [1.82, 2.24) is 4.72 Å². The molecular weight excluding hydrogens is 391 g/mol. The summed E-state index contributed by atoms with van der Waals surface area (Å²) in [6.07, 6.45) is 1.04. The predicted octanol–water partition coefficient (Wildman–Crippen LogP) is 5.19. The lowest BCUT2D eigenvalue weighted by atomic mass is 9.80. The molecule has 6 heteroatoms. The van der Waals surface area contributed by atoms with E-state index < -0.39 is 26.7 Å². The monoisotopic (exact) mass is 416 g/mol. The lowest BCUT2D eigenvalue weighted by Crippen LogP contribution is -2.47. The first-order valence-electron chi connectivity index (χ1n) is 7.87. The molecule has 0 bridgehead atoms. The Hall–Kier alpha value is -0.770. The fraction of sp³-hybridized carbons (Fsp3) is 0.611. The summed E-state index contributed by atoms with van der Waals surface area (Å²) in [5, 5.41) is 9.26. The number of nitrogens with zero attached hydrogens (tertiary/aromatic N) is 1. The van der Waals surface area contributed by atoms with E-state index in [9.17, 15) is 13.9 Å². The molecular formula is C18H26BrFN2OS. The summed E-state index contributed by atoms with van der Waals surface area (Å²) in [5.41, 5.74) is -0.933. The molecule has 134 valence electrons. The van der Waals surface area contributed by atoms with Crippen LogP contribution < -0.4 is 4.72 Å². The van der Waals surface area contributed by atoms with E-state index in [4.69, 9.17) is 0 Å². The molecule has 0 spiro atoms. The van der Waals surface area contributed by atoms with E-state index in [1.54, 1.807) is 12.1 Å². The van der Waals surface area contributed by atoms with Crippen molar-refractivity contribution in [1.29, 1.82) is 5.26 Å². The molecule has 0 saturated carbocycles. The van der Waals surface area contributed by atoms with Gasteiger partial charge < -0.3 is 0 Å². The third-order valence-corrected chi connectivity index (χ3v) is 6.19. The Bertz CT molecular complexity index is 664. The Morgan fingerprint density at radius 1 is 1.21 bits per heavy atom. The van der Waals surface area contributed by atoms with Gasteiger partial charge in [-0.15, -0.1) is 0 Å².